The van der Waals surface area contributed by atoms with Crippen LogP contribution < -0.4 is 79.8 Å². The first kappa shape index (κ1) is 95.6. The number of nitrogens with one attached hydrogen (secondary N) is 12. The lowest BCUT2D eigenvalue weighted by atomic mass is 9.98. The fraction of sp³-hybridized carbons (Fsp3) is 0.474. The molecule has 4 bridgehead atoms. The Bertz CT molecular complexity index is 4370. The number of carboxylic acids is 1. The van der Waals surface area contributed by atoms with Crippen LogP contribution in [0.5, 0.6) is 0 Å². The molecule has 3 aromatic carbocycles. The Morgan fingerprint density at radius 3 is 1.75 bits per heavy atom. The van der Waals surface area contributed by atoms with Gasteiger partial charge in [0.25, 0.3) is 5.91 Å². The van der Waals surface area contributed by atoms with Gasteiger partial charge in [0.05, 0.1) is 51.0 Å². The molecule has 0 spiro atoms. The molecule has 20 atom stereocenters. The van der Waals surface area contributed by atoms with Crippen molar-refractivity contribution < 1.29 is 137 Å². The highest BCUT2D eigenvalue weighted by Crippen LogP contribution is 2.30. The van der Waals surface area contributed by atoms with Crippen molar-refractivity contribution in [2.75, 3.05) is 26.4 Å². The van der Waals surface area contributed by atoms with Crippen molar-refractivity contribution in [1.29, 1.82) is 0 Å². The van der Waals surface area contributed by atoms with E-state index in [1.165, 1.54) is 30.3 Å². The summed E-state index contributed by atoms with van der Waals surface area (Å²) in [7, 11) is 0. The van der Waals surface area contributed by atoms with E-state index in [9.17, 15) is 119 Å². The first-order valence-corrected chi connectivity index (χ1v) is 38.6. The van der Waals surface area contributed by atoms with Crippen LogP contribution in [0.4, 0.5) is 0 Å². The number of imidazole rings is 1. The van der Waals surface area contributed by atoms with Crippen LogP contribution in [0, 0.1) is 0 Å². The molecule has 4 aromatic rings. The molecule has 7 rings (SSSR count). The monoisotopic (exact) mass is 1750 g/mol. The molecule has 1 fully saturated rings. The number of carbonyl (C=O) groups is 15. The van der Waals surface area contributed by atoms with Crippen molar-refractivity contribution in [3.8, 4) is 0 Å². The zero-order valence-corrected chi connectivity index (χ0v) is 66.4. The van der Waals surface area contributed by atoms with Gasteiger partial charge in [-0.3, -0.25) is 67.1 Å². The first-order chi connectivity index (χ1) is 56.9. The maximum atomic E-state index is 15.3. The lowest BCUT2D eigenvalue weighted by Crippen LogP contribution is -2.64. The van der Waals surface area contributed by atoms with Crippen molar-refractivity contribution in [1.82, 2.24) is 68.4 Å². The Hall–Kier alpha value is -11.6. The van der Waals surface area contributed by atoms with Gasteiger partial charge in [0, 0.05) is 36.6 Å². The van der Waals surface area contributed by atoms with E-state index in [4.69, 9.17) is 16.2 Å². The highest BCUT2D eigenvalue weighted by molar-refractivity contribution is 9.10. The molecule has 0 saturated carbocycles. The number of carbonyl (C=O) groups excluding carboxylic acids is 14. The summed E-state index contributed by atoms with van der Waals surface area (Å²) in [5.41, 5.74) is 12.5. The minimum Gasteiger partial charge on any atom is -0.480 e. The second-order valence-corrected chi connectivity index (χ2v) is 29.7. The normalized spacial score (nSPS) is 28.1. The number of amides is 14. The zero-order valence-electron chi connectivity index (χ0n) is 64.8. The Kier molecular flexibility index (Phi) is 36.3. The molecule has 2 unspecified atom stereocenters. The number of aromatic nitrogens is 2. The molecule has 0 aliphatic carbocycles. The van der Waals surface area contributed by atoms with Crippen LogP contribution in [-0.4, -0.2) is 291 Å². The number of aliphatic carboxylic acids is 1. The average molecular weight is 1750 g/mol. The lowest BCUT2D eigenvalue weighted by molar-refractivity contribution is -0.697. The van der Waals surface area contributed by atoms with Gasteiger partial charge in [0.2, 0.25) is 89.3 Å². The summed E-state index contributed by atoms with van der Waals surface area (Å²) in [6, 6.07) is 0.105. The van der Waals surface area contributed by atoms with Crippen LogP contribution in [0.3, 0.4) is 0 Å². The minimum absolute atomic E-state index is 0.284. The summed E-state index contributed by atoms with van der Waals surface area (Å²) in [5, 5.41) is 149. The molecule has 120 heavy (non-hydrogen) atoms. The standard InChI is InChI=1S/C76H99BrN16O27/c1-36(16-17-38-10-5-3-6-11-38)24-52(98)43-22-23-57(102)82-50(32-94)70(113)88-49-31-92-30-42(93(35-92)75-63(106)62(105)60(103)54(34-96)120-75)27-47(67(110)90-58(37(2)97)73(116)89-51(33-95)71(114)85-46(66(109)83-43)25-39-12-7-4-8-13-39)81-56(101)15-9-14-44(76(118)119)84-72(115)53(99)29-80-65(108)45(26-40-18-20-41(77)21-19-40)87-74(117)59(61(104)64(79)107)91-68(111)48(28-55(78)100)86-69(49)112/h3-8,10-13,16-21,24,30,35,37,43-54,58-63,75,94-99,103-106H,9,14-15,22-23,25-29,31-34H2,1-2H3,(H16-,78,79,80,81,82,83,84,85,86,87,88,89,90,91,100,101,102,107,108,109,110,111,112,113,114,115,116,117,118,119)/p+1/b17-16+,36-24+/t37-,43+,44+,45+,46+,47?,48+,49?,50+,51+,52+,53+,54-,58+,59+,60+,61-,62+,63-,75-/m1/s1. The number of benzene rings is 3. The Labute approximate surface area is 693 Å². The van der Waals surface area contributed by atoms with Crippen molar-refractivity contribution >= 4 is 111 Å². The molecule has 44 heteroatoms. The van der Waals surface area contributed by atoms with Gasteiger partial charge in [-0.1, -0.05) is 113 Å². The number of ether oxygens (including phenoxy) is 1. The van der Waals surface area contributed by atoms with E-state index in [0.29, 0.717) is 15.6 Å². The van der Waals surface area contributed by atoms with Gasteiger partial charge in [-0.05, 0) is 61.9 Å². The van der Waals surface area contributed by atoms with E-state index >= 15 is 9.59 Å². The predicted octanol–water partition coefficient (Wildman–Crippen LogP) is -10.5. The van der Waals surface area contributed by atoms with Crippen LogP contribution in [0.1, 0.15) is 81.0 Å². The molecule has 652 valence electrons. The average Bonchev–Trinajstić information content (AvgIpc) is 1.59. The number of halogens is 1. The minimum atomic E-state index is -2.75. The number of nitrogens with zero attached hydrogens (tertiary/aromatic N) is 2. The number of rotatable bonds is 18. The fourth-order valence-electron chi connectivity index (χ4n) is 12.8. The number of β-amino-alcohol motifs (C(OH)–C–C–N with tert-alkyl or cyclic N) is 1. The number of aliphatic hydroxyl groups excluding tert-OH is 10. The van der Waals surface area contributed by atoms with Gasteiger partial charge in [0.15, 0.2) is 6.10 Å². The third-order valence-electron chi connectivity index (χ3n) is 19.5. The highest BCUT2D eigenvalue weighted by atomic mass is 79.9. The predicted molar refractivity (Wildman–Crippen MR) is 416 cm³/mol. The van der Waals surface area contributed by atoms with Crippen molar-refractivity contribution in [3.63, 3.8) is 0 Å². The van der Waals surface area contributed by atoms with Gasteiger partial charge < -0.3 is 136 Å². The first-order valence-electron chi connectivity index (χ1n) is 37.8. The SMILES string of the molecule is CC(/C=C/c1ccccc1)=C\[C@H](O)[C@@H]1CCC(=O)N[C@@H](CO)C(=O)NC2C[n+]3cc(n([C@@H]4O[C@H](CO)[C@H](O)[C@H](O)[C@H]4O)c3)CC(NC(=O)CCC[C@@H](C(=O)O)NC(=O)[C@@H](O)CNC(=O)[C@H](Cc3ccc(Br)cc3)NC(=O)[C@H]([C@@H](O)C(N)=O)NC(=O)[C@H](CC(N)=O)NC2=O)C(=O)N[C@@H]([C@@H](C)O)C(=O)N[C@@H](CO)C(=O)N[C@@H](Cc2ccccc2)C(=O)N1. The third kappa shape index (κ3) is 28.0. The van der Waals surface area contributed by atoms with E-state index < -0.39 is 300 Å². The molecule has 3 aliphatic rings. The summed E-state index contributed by atoms with van der Waals surface area (Å²) in [6.45, 7) is -3.12. The molecule has 3 aliphatic heterocycles. The fourth-order valence-corrected chi connectivity index (χ4v) is 13.1. The summed E-state index contributed by atoms with van der Waals surface area (Å²) in [4.78, 5) is 213. The number of aliphatic hydroxyl groups is 10. The Morgan fingerprint density at radius 1 is 0.583 bits per heavy atom. The van der Waals surface area contributed by atoms with E-state index in [1.54, 1.807) is 79.7 Å². The summed E-state index contributed by atoms with van der Waals surface area (Å²) in [5.74, 6) is -21.2. The number of fused-ring (bicyclic) bond motifs is 2. The second kappa shape index (κ2) is 45.6. The van der Waals surface area contributed by atoms with E-state index in [-0.39, 0.29) is 12.0 Å². The second-order valence-electron chi connectivity index (χ2n) is 28.8. The maximum Gasteiger partial charge on any atom is 0.326 e. The molecule has 0 radical (unpaired) electrons. The topological polar surface area (TPSA) is 693 Å². The Balaban J connectivity index is 1.43. The van der Waals surface area contributed by atoms with Gasteiger partial charge in [-0.2, -0.15) is 0 Å². The number of carboxylic acid groups (broad SMARTS) is 1. The largest absolute Gasteiger partial charge is 0.480 e. The smallest absolute Gasteiger partial charge is 0.326 e. The van der Waals surface area contributed by atoms with Crippen molar-refractivity contribution in [2.45, 2.75) is 200 Å². The lowest BCUT2D eigenvalue weighted by Gasteiger charge is -2.38. The molecular formula is C76H100BrN16O27+. The van der Waals surface area contributed by atoms with Crippen LogP contribution in [0.15, 0.2) is 120 Å². The molecule has 1 saturated heterocycles. The zero-order chi connectivity index (χ0) is 88.4. The Morgan fingerprint density at radius 2 is 1.13 bits per heavy atom. The van der Waals surface area contributed by atoms with Gasteiger partial charge >= 0.3 is 5.97 Å². The number of hydrogen-bond donors (Lipinski definition) is 25. The molecule has 14 amide bonds. The van der Waals surface area contributed by atoms with Gasteiger partial charge in [0.1, 0.15) is 109 Å². The van der Waals surface area contributed by atoms with Gasteiger partial charge in [-0.25, -0.2) is 13.9 Å². The number of nitrogens with two attached hydrogens (primary N) is 2. The molecule has 43 nitrogen and oxygen atoms in total. The van der Waals surface area contributed by atoms with Crippen molar-refractivity contribution in [2.24, 2.45) is 11.5 Å². The summed E-state index contributed by atoms with van der Waals surface area (Å²) in [6.07, 6.45) is -18.7. The van der Waals surface area contributed by atoms with E-state index in [2.05, 4.69) is 74.4 Å². The van der Waals surface area contributed by atoms with E-state index in [1.807, 2.05) is 5.32 Å². The maximum absolute atomic E-state index is 15.3. The molecule has 27 N–H and O–H groups in total. The van der Waals surface area contributed by atoms with Crippen LogP contribution in [0.2, 0.25) is 0 Å². The molecule has 4 heterocycles. The van der Waals surface area contributed by atoms with Crippen molar-refractivity contribution in [3.05, 3.63) is 142 Å². The number of hydrogen-bond acceptors (Lipinski definition) is 26. The number of primary amides is 2. The summed E-state index contributed by atoms with van der Waals surface area (Å²) < 4.78 is 8.28. The van der Waals surface area contributed by atoms with Gasteiger partial charge in [-0.15, -0.1) is 0 Å². The molecule has 1 aromatic heterocycles. The van der Waals surface area contributed by atoms with Crippen LogP contribution in [-0.2, 0) is 102 Å². The molecular weight excluding hydrogens is 1650 g/mol. The highest BCUT2D eigenvalue weighted by Gasteiger charge is 2.49. The van der Waals surface area contributed by atoms with Crippen LogP contribution in [0.25, 0.3) is 6.08 Å². The van der Waals surface area contributed by atoms with E-state index in [0.717, 1.165) is 34.1 Å². The third-order valence-corrected chi connectivity index (χ3v) is 20.0. The van der Waals surface area contributed by atoms with Crippen LogP contribution >= 0.6 is 15.9 Å². The number of allylic oxidation sites excluding steroid dienone is 2. The quantitative estimate of drug-likeness (QED) is 0.0325. The summed E-state index contributed by atoms with van der Waals surface area (Å²) >= 11 is 3.27.